The van der Waals surface area contributed by atoms with Crippen molar-refractivity contribution < 1.29 is 4.92 Å². The summed E-state index contributed by atoms with van der Waals surface area (Å²) in [6.07, 6.45) is 1.12. The van der Waals surface area contributed by atoms with Gasteiger partial charge < -0.3 is 5.32 Å². The summed E-state index contributed by atoms with van der Waals surface area (Å²) in [5.41, 5.74) is 0.0857. The maximum Gasteiger partial charge on any atom is 0.348 e. The van der Waals surface area contributed by atoms with E-state index in [4.69, 9.17) is 34.8 Å². The molecule has 0 saturated carbocycles. The average molecular weight is 320 g/mol. The molecule has 0 bridgehead atoms. The first-order valence-electron chi connectivity index (χ1n) is 4.86. The topological polar surface area (TPSA) is 81.0 Å². The van der Waals surface area contributed by atoms with Crippen molar-refractivity contribution >= 4 is 52.0 Å². The number of hydrogen-bond donors (Lipinski definition) is 1. The maximum absolute atomic E-state index is 10.9. The van der Waals surface area contributed by atoms with Crippen molar-refractivity contribution in [3.05, 3.63) is 49.8 Å². The fourth-order valence-electron chi connectivity index (χ4n) is 1.32. The summed E-state index contributed by atoms with van der Waals surface area (Å²) in [7, 11) is 0. The van der Waals surface area contributed by atoms with E-state index < -0.39 is 10.6 Å². The Bertz CT molecular complexity index is 651. The highest BCUT2D eigenvalue weighted by atomic mass is 35.5. The van der Waals surface area contributed by atoms with Gasteiger partial charge in [0.25, 0.3) is 0 Å². The lowest BCUT2D eigenvalue weighted by Gasteiger charge is -2.07. The van der Waals surface area contributed by atoms with Crippen LogP contribution in [0.25, 0.3) is 0 Å². The molecule has 2 aromatic rings. The van der Waals surface area contributed by atoms with Gasteiger partial charge in [0.15, 0.2) is 0 Å². The Hall–Kier alpha value is -1.63. The largest absolute Gasteiger partial charge is 0.348 e. The van der Waals surface area contributed by atoms with Crippen molar-refractivity contribution in [2.24, 2.45) is 0 Å². The molecule has 1 aromatic carbocycles. The van der Waals surface area contributed by atoms with Gasteiger partial charge in [-0.15, -0.1) is 0 Å². The van der Waals surface area contributed by atoms with E-state index in [9.17, 15) is 10.1 Å². The third-order valence-corrected chi connectivity index (χ3v) is 3.16. The van der Waals surface area contributed by atoms with Gasteiger partial charge in [-0.2, -0.15) is 0 Å². The van der Waals surface area contributed by atoms with Crippen molar-refractivity contribution in [1.82, 2.24) is 9.97 Å². The van der Waals surface area contributed by atoms with Gasteiger partial charge in [-0.05, 0) is 18.2 Å². The average Bonchev–Trinajstić information content (AvgIpc) is 2.33. The lowest BCUT2D eigenvalue weighted by atomic mass is 10.3. The van der Waals surface area contributed by atoms with Gasteiger partial charge in [-0.3, -0.25) is 10.1 Å². The molecular formula is C10H5Cl3N4O2. The molecule has 0 amide bonds. The number of rotatable bonds is 3. The summed E-state index contributed by atoms with van der Waals surface area (Å²) in [5, 5.41) is 14.1. The van der Waals surface area contributed by atoms with Crippen LogP contribution in [0.2, 0.25) is 15.2 Å². The number of benzene rings is 1. The van der Waals surface area contributed by atoms with Crippen LogP contribution in [0.4, 0.5) is 17.2 Å². The Balaban J connectivity index is 2.40. The van der Waals surface area contributed by atoms with Crippen molar-refractivity contribution in [2.75, 3.05) is 5.32 Å². The minimum Gasteiger partial charge on any atom is -0.334 e. The van der Waals surface area contributed by atoms with Crippen molar-refractivity contribution in [1.29, 1.82) is 0 Å². The molecule has 0 atom stereocenters. The Labute approximate surface area is 122 Å². The number of nitro groups is 1. The second-order valence-corrected chi connectivity index (χ2v) is 4.55. The van der Waals surface area contributed by atoms with Crippen LogP contribution in [0.1, 0.15) is 0 Å². The summed E-state index contributed by atoms with van der Waals surface area (Å²) >= 11 is 17.3. The molecule has 0 aliphatic carbocycles. The first-order valence-corrected chi connectivity index (χ1v) is 5.99. The van der Waals surface area contributed by atoms with E-state index in [0.717, 1.165) is 6.33 Å². The molecule has 0 aliphatic heterocycles. The second-order valence-electron chi connectivity index (χ2n) is 3.37. The third-order valence-electron chi connectivity index (χ3n) is 2.14. The zero-order chi connectivity index (χ0) is 14.0. The molecule has 2 rings (SSSR count). The Morgan fingerprint density at radius 2 is 1.89 bits per heavy atom. The lowest BCUT2D eigenvalue weighted by molar-refractivity contribution is -0.384. The van der Waals surface area contributed by atoms with Crippen molar-refractivity contribution in [3.63, 3.8) is 0 Å². The number of aromatic nitrogens is 2. The normalized spacial score (nSPS) is 10.3. The Kier molecular flexibility index (Phi) is 4.04. The van der Waals surface area contributed by atoms with E-state index >= 15 is 0 Å². The third kappa shape index (κ3) is 3.04. The van der Waals surface area contributed by atoms with Crippen LogP contribution >= 0.6 is 34.8 Å². The number of halogens is 3. The van der Waals surface area contributed by atoms with Gasteiger partial charge in [0.05, 0.1) is 15.0 Å². The molecule has 1 aromatic heterocycles. The summed E-state index contributed by atoms with van der Waals surface area (Å²) in [5.74, 6) is -0.0246. The molecule has 98 valence electrons. The highest BCUT2D eigenvalue weighted by Gasteiger charge is 2.21. The van der Waals surface area contributed by atoms with Crippen LogP contribution in [0.5, 0.6) is 0 Å². The molecule has 0 unspecified atom stereocenters. The minimum absolute atomic E-state index is 0.0246. The zero-order valence-corrected chi connectivity index (χ0v) is 11.4. The van der Waals surface area contributed by atoms with Crippen LogP contribution in [-0.4, -0.2) is 14.9 Å². The highest BCUT2D eigenvalue weighted by molar-refractivity contribution is 6.42. The predicted octanol–water partition coefficient (Wildman–Crippen LogP) is 4.09. The van der Waals surface area contributed by atoms with Crippen molar-refractivity contribution in [3.8, 4) is 0 Å². The van der Waals surface area contributed by atoms with E-state index in [2.05, 4.69) is 15.3 Å². The SMILES string of the molecule is O=[N+]([O-])c1c(Cl)ncnc1Nc1ccc(Cl)c(Cl)c1. The molecule has 9 heteroatoms. The Morgan fingerprint density at radius 3 is 2.53 bits per heavy atom. The predicted molar refractivity (Wildman–Crippen MR) is 73.4 cm³/mol. The summed E-state index contributed by atoms with van der Waals surface area (Å²) in [6.45, 7) is 0. The van der Waals surface area contributed by atoms with Crippen LogP contribution < -0.4 is 5.32 Å². The molecule has 0 aliphatic rings. The number of anilines is 2. The van der Waals surface area contributed by atoms with E-state index in [1.54, 1.807) is 12.1 Å². The van der Waals surface area contributed by atoms with Gasteiger partial charge in [0.2, 0.25) is 11.0 Å². The van der Waals surface area contributed by atoms with E-state index in [1.165, 1.54) is 6.07 Å². The van der Waals surface area contributed by atoms with E-state index in [-0.39, 0.29) is 11.0 Å². The number of nitrogens with zero attached hydrogens (tertiary/aromatic N) is 3. The summed E-state index contributed by atoms with van der Waals surface area (Å²) < 4.78 is 0. The monoisotopic (exact) mass is 318 g/mol. The van der Waals surface area contributed by atoms with Crippen molar-refractivity contribution in [2.45, 2.75) is 0 Å². The van der Waals surface area contributed by atoms with E-state index in [1.807, 2.05) is 0 Å². The molecule has 0 spiro atoms. The molecule has 19 heavy (non-hydrogen) atoms. The highest BCUT2D eigenvalue weighted by Crippen LogP contribution is 2.32. The van der Waals surface area contributed by atoms with Crippen LogP contribution in [0, 0.1) is 10.1 Å². The first kappa shape index (κ1) is 13.8. The molecule has 0 saturated heterocycles. The van der Waals surface area contributed by atoms with Crippen LogP contribution in [0.15, 0.2) is 24.5 Å². The zero-order valence-electron chi connectivity index (χ0n) is 9.10. The molecule has 6 nitrogen and oxygen atoms in total. The second kappa shape index (κ2) is 5.56. The lowest BCUT2D eigenvalue weighted by Crippen LogP contribution is -2.01. The van der Waals surface area contributed by atoms with Crippen LogP contribution in [-0.2, 0) is 0 Å². The number of hydrogen-bond acceptors (Lipinski definition) is 5. The molecule has 1 N–H and O–H groups in total. The van der Waals surface area contributed by atoms with Gasteiger partial charge in [-0.1, -0.05) is 34.8 Å². The minimum atomic E-state index is -0.664. The maximum atomic E-state index is 10.9. The molecular weight excluding hydrogens is 314 g/mol. The fourth-order valence-corrected chi connectivity index (χ4v) is 1.82. The summed E-state index contributed by atoms with van der Waals surface area (Å²) in [6, 6.07) is 4.68. The fraction of sp³-hybridized carbons (Fsp3) is 0. The van der Waals surface area contributed by atoms with Gasteiger partial charge in [-0.25, -0.2) is 9.97 Å². The number of nitrogens with one attached hydrogen (secondary N) is 1. The van der Waals surface area contributed by atoms with Crippen LogP contribution in [0.3, 0.4) is 0 Å². The van der Waals surface area contributed by atoms with Gasteiger partial charge in [0.1, 0.15) is 6.33 Å². The Morgan fingerprint density at radius 1 is 1.16 bits per heavy atom. The first-order chi connectivity index (χ1) is 8.99. The standard InChI is InChI=1S/C10H5Cl3N4O2/c11-6-2-1-5(3-7(6)12)16-10-8(17(18)19)9(13)14-4-15-10/h1-4H,(H,14,15,16). The molecule has 1 heterocycles. The smallest absolute Gasteiger partial charge is 0.334 e. The molecule has 0 fully saturated rings. The summed E-state index contributed by atoms with van der Waals surface area (Å²) in [4.78, 5) is 17.6. The van der Waals surface area contributed by atoms with E-state index in [0.29, 0.717) is 15.7 Å². The van der Waals surface area contributed by atoms with Gasteiger partial charge in [0, 0.05) is 5.69 Å². The van der Waals surface area contributed by atoms with Gasteiger partial charge >= 0.3 is 5.69 Å². The quantitative estimate of drug-likeness (QED) is 0.523. The molecule has 0 radical (unpaired) electrons.